The van der Waals surface area contributed by atoms with Crippen molar-refractivity contribution in [3.05, 3.63) is 28.5 Å². The first-order valence-corrected chi connectivity index (χ1v) is 4.72. The number of quaternary nitrogens is 1. The van der Waals surface area contributed by atoms with Gasteiger partial charge in [-0.25, -0.2) is 5.21 Å². The monoisotopic (exact) mass is 209 g/mol. The largest absolute Gasteiger partial charge is 0.595 e. The molecule has 2 rings (SSSR count). The van der Waals surface area contributed by atoms with Crippen LogP contribution in [0.3, 0.4) is 0 Å². The van der Waals surface area contributed by atoms with E-state index in [0.717, 1.165) is 12.0 Å². The van der Waals surface area contributed by atoms with Crippen LogP contribution in [0.5, 0.6) is 5.75 Å². The number of ketones is 1. The van der Waals surface area contributed by atoms with Gasteiger partial charge in [0.15, 0.2) is 11.5 Å². The second kappa shape index (κ2) is 3.62. The van der Waals surface area contributed by atoms with Crippen molar-refractivity contribution in [3.8, 4) is 5.75 Å². The highest BCUT2D eigenvalue weighted by Gasteiger charge is 2.25. The quantitative estimate of drug-likeness (QED) is 0.459. The van der Waals surface area contributed by atoms with Gasteiger partial charge in [-0.1, -0.05) is 6.07 Å². The van der Waals surface area contributed by atoms with Crippen LogP contribution in [0.1, 0.15) is 28.8 Å². The zero-order valence-electron chi connectivity index (χ0n) is 7.99. The number of nitrogens with one attached hydrogen (secondary N) is 1. The number of benzene rings is 1. The number of aromatic hydroxyl groups is 1. The SMILES string of the molecule is O=C1CCCc2ccc([NH+]([O-])O)c(O)c21. The van der Waals surface area contributed by atoms with Crippen molar-refractivity contribution in [2.45, 2.75) is 19.3 Å². The van der Waals surface area contributed by atoms with E-state index in [1.165, 1.54) is 6.07 Å². The van der Waals surface area contributed by atoms with E-state index in [2.05, 4.69) is 0 Å². The lowest BCUT2D eigenvalue weighted by atomic mass is 9.89. The van der Waals surface area contributed by atoms with E-state index in [0.29, 0.717) is 12.8 Å². The van der Waals surface area contributed by atoms with Crippen molar-refractivity contribution in [1.82, 2.24) is 0 Å². The predicted octanol–water partition coefficient (Wildman–Crippen LogP) is 0.315. The Balaban J connectivity index is 2.59. The third-order valence-corrected chi connectivity index (χ3v) is 2.62. The van der Waals surface area contributed by atoms with Crippen LogP contribution in [0.25, 0.3) is 0 Å². The highest BCUT2D eigenvalue weighted by molar-refractivity contribution is 6.02. The second-order valence-electron chi connectivity index (χ2n) is 3.58. The number of carbonyl (C=O) groups excluding carboxylic acids is 1. The van der Waals surface area contributed by atoms with Gasteiger partial charge in [0.2, 0.25) is 5.69 Å². The molecule has 1 atom stereocenters. The molecular formula is C10H11NO4. The fourth-order valence-electron chi connectivity index (χ4n) is 1.89. The van der Waals surface area contributed by atoms with Crippen LogP contribution in [0.2, 0.25) is 0 Å². The van der Waals surface area contributed by atoms with Crippen LogP contribution < -0.4 is 5.23 Å². The highest BCUT2D eigenvalue weighted by Crippen LogP contribution is 2.32. The summed E-state index contributed by atoms with van der Waals surface area (Å²) >= 11 is 0. The van der Waals surface area contributed by atoms with Crippen LogP contribution >= 0.6 is 0 Å². The predicted molar refractivity (Wildman–Crippen MR) is 51.2 cm³/mol. The Morgan fingerprint density at radius 2 is 2.07 bits per heavy atom. The number of rotatable bonds is 1. The molecule has 0 fully saturated rings. The normalized spacial score (nSPS) is 17.3. The summed E-state index contributed by atoms with van der Waals surface area (Å²) in [4.78, 5) is 11.5. The molecular weight excluding hydrogens is 198 g/mol. The Hall–Kier alpha value is -1.43. The van der Waals surface area contributed by atoms with Gasteiger partial charge in [-0.05, 0) is 18.4 Å². The van der Waals surface area contributed by atoms with Gasteiger partial charge in [0.1, 0.15) is 0 Å². The molecule has 80 valence electrons. The molecule has 0 bridgehead atoms. The molecule has 0 heterocycles. The van der Waals surface area contributed by atoms with Gasteiger partial charge >= 0.3 is 0 Å². The van der Waals surface area contributed by atoms with E-state index >= 15 is 0 Å². The van der Waals surface area contributed by atoms with Gasteiger partial charge in [0.25, 0.3) is 0 Å². The summed E-state index contributed by atoms with van der Waals surface area (Å²) in [6.45, 7) is 0. The standard InChI is InChI=1S/C10H11NO4/c12-8-3-1-2-6-4-5-7(11(14)15)10(13)9(6)8/h4-5,11,13-14H,1-3H2. The number of carbonyl (C=O) groups is 1. The molecule has 0 aromatic heterocycles. The maximum absolute atomic E-state index is 11.5. The first-order chi connectivity index (χ1) is 7.11. The van der Waals surface area contributed by atoms with Gasteiger partial charge in [-0.15, -0.1) is 0 Å². The van der Waals surface area contributed by atoms with Gasteiger partial charge in [-0.2, -0.15) is 5.23 Å². The van der Waals surface area contributed by atoms with Gasteiger partial charge in [0.05, 0.1) is 5.56 Å². The summed E-state index contributed by atoms with van der Waals surface area (Å²) < 4.78 is 0. The summed E-state index contributed by atoms with van der Waals surface area (Å²) in [6.07, 6.45) is 1.86. The molecule has 0 saturated heterocycles. The number of Topliss-reactive ketones (excluding diaryl/α,β-unsaturated/α-hetero) is 1. The van der Waals surface area contributed by atoms with E-state index in [1.54, 1.807) is 6.07 Å². The molecule has 5 nitrogen and oxygen atoms in total. The fourth-order valence-corrected chi connectivity index (χ4v) is 1.89. The maximum atomic E-state index is 11.5. The van der Waals surface area contributed by atoms with Crippen LogP contribution in [-0.4, -0.2) is 16.1 Å². The number of phenolic OH excluding ortho intramolecular Hbond substituents is 1. The molecule has 3 N–H and O–H groups in total. The minimum absolute atomic E-state index is 0.170. The lowest BCUT2D eigenvalue weighted by molar-refractivity contribution is -0.991. The number of phenols is 1. The van der Waals surface area contributed by atoms with Gasteiger partial charge < -0.3 is 10.3 Å². The lowest BCUT2D eigenvalue weighted by Gasteiger charge is -2.19. The summed E-state index contributed by atoms with van der Waals surface area (Å²) in [6, 6.07) is 2.95. The zero-order chi connectivity index (χ0) is 11.0. The van der Waals surface area contributed by atoms with Crippen molar-refractivity contribution in [2.24, 2.45) is 0 Å². The van der Waals surface area contributed by atoms with E-state index in [-0.39, 0.29) is 22.8 Å². The summed E-state index contributed by atoms with van der Waals surface area (Å²) in [5.41, 5.74) is 0.735. The van der Waals surface area contributed by atoms with Crippen molar-refractivity contribution < 1.29 is 20.3 Å². The molecule has 5 heteroatoms. The van der Waals surface area contributed by atoms with Crippen LogP contribution in [0.15, 0.2) is 12.1 Å². The molecule has 1 unspecified atom stereocenters. The number of hydrogen-bond acceptors (Lipinski definition) is 4. The Bertz CT molecular complexity index is 414. The van der Waals surface area contributed by atoms with Crippen LogP contribution in [-0.2, 0) is 6.42 Å². The molecule has 0 spiro atoms. The smallest absolute Gasteiger partial charge is 0.206 e. The fraction of sp³-hybridized carbons (Fsp3) is 0.300. The molecule has 1 aliphatic rings. The molecule has 15 heavy (non-hydrogen) atoms. The van der Waals surface area contributed by atoms with Crippen molar-refractivity contribution >= 4 is 11.5 Å². The van der Waals surface area contributed by atoms with E-state index < -0.39 is 5.23 Å². The molecule has 1 aliphatic carbocycles. The zero-order valence-corrected chi connectivity index (χ0v) is 7.99. The summed E-state index contributed by atoms with van der Waals surface area (Å²) in [7, 11) is 0. The molecule has 0 aliphatic heterocycles. The third kappa shape index (κ3) is 1.61. The van der Waals surface area contributed by atoms with Crippen LogP contribution in [0, 0.1) is 5.21 Å². The Kier molecular flexibility index (Phi) is 2.44. The number of hydrogen-bond donors (Lipinski definition) is 3. The average molecular weight is 209 g/mol. The third-order valence-electron chi connectivity index (χ3n) is 2.62. The first kappa shape index (κ1) is 10.1. The Labute approximate surface area is 86.1 Å². The number of fused-ring (bicyclic) bond motifs is 1. The topological polar surface area (TPSA) is 85.0 Å². The van der Waals surface area contributed by atoms with Gasteiger partial charge in [-0.3, -0.25) is 4.79 Å². The molecule has 1 aromatic rings. The first-order valence-electron chi connectivity index (χ1n) is 4.72. The lowest BCUT2D eigenvalue weighted by Crippen LogP contribution is -2.99. The van der Waals surface area contributed by atoms with Crippen molar-refractivity contribution in [1.29, 1.82) is 0 Å². The minimum atomic E-state index is -1.21. The van der Waals surface area contributed by atoms with Crippen LogP contribution in [0.4, 0.5) is 5.69 Å². The Morgan fingerprint density at radius 3 is 2.73 bits per heavy atom. The minimum Gasteiger partial charge on any atom is -0.595 e. The molecule has 1 aromatic carbocycles. The summed E-state index contributed by atoms with van der Waals surface area (Å²) in [5, 5.41) is 28.0. The number of aryl methyl sites for hydroxylation is 1. The van der Waals surface area contributed by atoms with Gasteiger partial charge in [0, 0.05) is 12.5 Å². The molecule has 0 radical (unpaired) electrons. The average Bonchev–Trinajstić information content (AvgIpc) is 2.17. The van der Waals surface area contributed by atoms with E-state index in [1.807, 2.05) is 0 Å². The van der Waals surface area contributed by atoms with Crippen molar-refractivity contribution in [3.63, 3.8) is 0 Å². The van der Waals surface area contributed by atoms with E-state index in [4.69, 9.17) is 5.21 Å². The maximum Gasteiger partial charge on any atom is 0.206 e. The molecule has 0 amide bonds. The van der Waals surface area contributed by atoms with Crippen molar-refractivity contribution in [2.75, 3.05) is 0 Å². The highest BCUT2D eigenvalue weighted by atomic mass is 16.8. The Morgan fingerprint density at radius 1 is 1.33 bits per heavy atom. The second-order valence-corrected chi connectivity index (χ2v) is 3.58. The van der Waals surface area contributed by atoms with E-state index in [9.17, 15) is 15.1 Å². The molecule has 0 saturated carbocycles. The summed E-state index contributed by atoms with van der Waals surface area (Å²) in [5.74, 6) is -0.554.